The van der Waals surface area contributed by atoms with Crippen LogP contribution in [0, 0.1) is 0 Å². The average Bonchev–Trinajstić information content (AvgIpc) is 2.69. The molecule has 1 fully saturated rings. The van der Waals surface area contributed by atoms with Gasteiger partial charge in [-0.3, -0.25) is 4.90 Å². The second-order valence-electron chi connectivity index (χ2n) is 8.16. The van der Waals surface area contributed by atoms with Crippen molar-refractivity contribution in [1.82, 2.24) is 4.90 Å². The number of aryl methyl sites for hydroxylation is 1. The van der Waals surface area contributed by atoms with Gasteiger partial charge in [0.15, 0.2) is 0 Å². The highest BCUT2D eigenvalue weighted by Crippen LogP contribution is 2.40. The normalized spacial score (nSPS) is 21.8. The van der Waals surface area contributed by atoms with Crippen LogP contribution in [0.4, 0.5) is 0 Å². The summed E-state index contributed by atoms with van der Waals surface area (Å²) in [6.45, 7) is 5.35. The van der Waals surface area contributed by atoms with Crippen molar-refractivity contribution < 1.29 is 4.74 Å². The molecule has 1 unspecified atom stereocenters. The van der Waals surface area contributed by atoms with E-state index in [0.29, 0.717) is 12.1 Å². The van der Waals surface area contributed by atoms with Crippen molar-refractivity contribution in [2.45, 2.75) is 64.0 Å². The van der Waals surface area contributed by atoms with Crippen molar-refractivity contribution in [2.24, 2.45) is 0 Å². The molecule has 1 atom stereocenters. The number of ether oxygens (including phenoxy) is 1. The standard InChI is InChI=1S/C24H30ClNO.ClH/c1-2-14-26-15-6-5-12-24(26)13-11-19-16-22(10-9-20(19)17-24)27-18-21-7-3-4-8-23(21)25;/h3-4,7-10,16H,2,5-6,11-15,17-18H2,1H3;1H. The van der Waals surface area contributed by atoms with Gasteiger partial charge >= 0.3 is 0 Å². The quantitative estimate of drug-likeness (QED) is 0.550. The average molecular weight is 420 g/mol. The van der Waals surface area contributed by atoms with Gasteiger partial charge in [-0.2, -0.15) is 0 Å². The lowest BCUT2D eigenvalue weighted by Crippen LogP contribution is -2.55. The van der Waals surface area contributed by atoms with E-state index in [-0.39, 0.29) is 12.4 Å². The molecule has 0 N–H and O–H groups in total. The van der Waals surface area contributed by atoms with Crippen LogP contribution in [0.25, 0.3) is 0 Å². The topological polar surface area (TPSA) is 12.5 Å². The summed E-state index contributed by atoms with van der Waals surface area (Å²) in [6, 6.07) is 14.6. The van der Waals surface area contributed by atoms with E-state index in [1.54, 1.807) is 0 Å². The van der Waals surface area contributed by atoms with Crippen molar-refractivity contribution in [2.75, 3.05) is 13.1 Å². The van der Waals surface area contributed by atoms with E-state index in [0.717, 1.165) is 16.3 Å². The summed E-state index contributed by atoms with van der Waals surface area (Å²) < 4.78 is 6.04. The fourth-order valence-corrected chi connectivity index (χ4v) is 5.13. The maximum Gasteiger partial charge on any atom is 0.120 e. The zero-order valence-electron chi connectivity index (χ0n) is 16.8. The van der Waals surface area contributed by atoms with Gasteiger partial charge in [-0.05, 0) is 80.9 Å². The first-order chi connectivity index (χ1) is 13.2. The fraction of sp³-hybridized carbons (Fsp3) is 0.500. The Morgan fingerprint density at radius 3 is 2.75 bits per heavy atom. The number of hydrogen-bond acceptors (Lipinski definition) is 2. The van der Waals surface area contributed by atoms with Crippen LogP contribution in [0.1, 0.15) is 55.7 Å². The molecule has 2 aromatic carbocycles. The fourth-order valence-electron chi connectivity index (χ4n) is 4.94. The number of halogens is 2. The number of benzene rings is 2. The third-order valence-electron chi connectivity index (χ3n) is 6.39. The van der Waals surface area contributed by atoms with E-state index in [2.05, 4.69) is 30.0 Å². The van der Waals surface area contributed by atoms with Gasteiger partial charge in [0.2, 0.25) is 0 Å². The van der Waals surface area contributed by atoms with Crippen LogP contribution in [0.3, 0.4) is 0 Å². The third-order valence-corrected chi connectivity index (χ3v) is 6.76. The summed E-state index contributed by atoms with van der Waals surface area (Å²) >= 11 is 6.24. The Labute approximate surface area is 180 Å². The number of rotatable bonds is 5. The SMILES string of the molecule is CCCN1CCCCC12CCc1cc(OCc3ccccc3Cl)ccc1C2.Cl. The van der Waals surface area contributed by atoms with E-state index >= 15 is 0 Å². The highest BCUT2D eigenvalue weighted by atomic mass is 35.5. The molecule has 2 aromatic rings. The molecule has 2 nitrogen and oxygen atoms in total. The van der Waals surface area contributed by atoms with Crippen LogP contribution >= 0.6 is 24.0 Å². The molecule has 1 heterocycles. The van der Waals surface area contributed by atoms with Crippen molar-refractivity contribution in [3.05, 3.63) is 64.2 Å². The second-order valence-corrected chi connectivity index (χ2v) is 8.56. The highest BCUT2D eigenvalue weighted by Gasteiger charge is 2.40. The molecule has 0 amide bonds. The Morgan fingerprint density at radius 2 is 1.93 bits per heavy atom. The summed E-state index contributed by atoms with van der Waals surface area (Å²) in [4.78, 5) is 2.79. The summed E-state index contributed by atoms with van der Waals surface area (Å²) in [5.74, 6) is 0.957. The monoisotopic (exact) mass is 419 g/mol. The molecule has 1 aliphatic heterocycles. The van der Waals surface area contributed by atoms with Gasteiger partial charge in [-0.25, -0.2) is 0 Å². The summed E-state index contributed by atoms with van der Waals surface area (Å²) in [7, 11) is 0. The van der Waals surface area contributed by atoms with Crippen molar-refractivity contribution in [3.63, 3.8) is 0 Å². The molecule has 152 valence electrons. The van der Waals surface area contributed by atoms with Crippen LogP contribution < -0.4 is 4.74 Å². The lowest BCUT2D eigenvalue weighted by Gasteiger charge is -2.50. The largest absolute Gasteiger partial charge is 0.489 e. The van der Waals surface area contributed by atoms with E-state index < -0.39 is 0 Å². The minimum Gasteiger partial charge on any atom is -0.489 e. The minimum absolute atomic E-state index is 0. The van der Waals surface area contributed by atoms with Crippen LogP contribution in [0.2, 0.25) is 5.02 Å². The summed E-state index contributed by atoms with van der Waals surface area (Å²) in [6.07, 6.45) is 9.01. The predicted molar refractivity (Wildman–Crippen MR) is 120 cm³/mol. The number of fused-ring (bicyclic) bond motifs is 1. The Hall–Kier alpha value is -1.22. The molecule has 0 bridgehead atoms. The first kappa shape index (κ1) is 21.5. The molecule has 1 aliphatic carbocycles. The lowest BCUT2D eigenvalue weighted by atomic mass is 9.72. The Kier molecular flexibility index (Phi) is 7.31. The van der Waals surface area contributed by atoms with E-state index in [9.17, 15) is 0 Å². The highest BCUT2D eigenvalue weighted by molar-refractivity contribution is 6.31. The van der Waals surface area contributed by atoms with Gasteiger partial charge in [-0.15, -0.1) is 12.4 Å². The number of piperidine rings is 1. The minimum atomic E-state index is 0. The van der Waals surface area contributed by atoms with Crippen LogP contribution in [-0.2, 0) is 19.4 Å². The van der Waals surface area contributed by atoms with Gasteiger partial charge in [0.25, 0.3) is 0 Å². The number of nitrogens with zero attached hydrogens (tertiary/aromatic N) is 1. The number of hydrogen-bond donors (Lipinski definition) is 0. The van der Waals surface area contributed by atoms with Gasteiger partial charge in [0.1, 0.15) is 12.4 Å². The van der Waals surface area contributed by atoms with E-state index in [4.69, 9.17) is 16.3 Å². The Morgan fingerprint density at radius 1 is 1.07 bits per heavy atom. The zero-order chi connectivity index (χ0) is 18.7. The molecule has 1 spiro atoms. The van der Waals surface area contributed by atoms with E-state index in [1.165, 1.54) is 69.2 Å². The zero-order valence-corrected chi connectivity index (χ0v) is 18.3. The maximum absolute atomic E-state index is 6.24. The van der Waals surface area contributed by atoms with Crippen molar-refractivity contribution >= 4 is 24.0 Å². The lowest BCUT2D eigenvalue weighted by molar-refractivity contribution is 0.0340. The molecule has 1 saturated heterocycles. The Balaban J connectivity index is 0.00000225. The molecule has 2 aliphatic rings. The first-order valence-electron chi connectivity index (χ1n) is 10.4. The van der Waals surface area contributed by atoms with Crippen molar-refractivity contribution in [3.8, 4) is 5.75 Å². The summed E-state index contributed by atoms with van der Waals surface area (Å²) in [5.41, 5.74) is 4.43. The molecule has 28 heavy (non-hydrogen) atoms. The van der Waals surface area contributed by atoms with Gasteiger partial charge in [-0.1, -0.05) is 49.2 Å². The van der Waals surface area contributed by atoms with Gasteiger partial charge in [0, 0.05) is 16.1 Å². The maximum atomic E-state index is 6.24. The van der Waals surface area contributed by atoms with Crippen LogP contribution in [0.15, 0.2) is 42.5 Å². The third kappa shape index (κ3) is 4.50. The molecular weight excluding hydrogens is 389 g/mol. The predicted octanol–water partition coefficient (Wildman–Crippen LogP) is 6.46. The molecule has 0 aromatic heterocycles. The molecule has 0 radical (unpaired) electrons. The van der Waals surface area contributed by atoms with Crippen LogP contribution in [-0.4, -0.2) is 23.5 Å². The second kappa shape index (κ2) is 9.52. The number of likely N-dealkylation sites (tertiary alicyclic amines) is 1. The molecule has 4 heteroatoms. The van der Waals surface area contributed by atoms with Gasteiger partial charge < -0.3 is 4.74 Å². The summed E-state index contributed by atoms with van der Waals surface area (Å²) in [5, 5.41) is 0.769. The molecule has 4 rings (SSSR count). The van der Waals surface area contributed by atoms with Crippen LogP contribution in [0.5, 0.6) is 5.75 Å². The Bertz CT molecular complexity index is 792. The van der Waals surface area contributed by atoms with Gasteiger partial charge in [0.05, 0.1) is 0 Å². The smallest absolute Gasteiger partial charge is 0.120 e. The van der Waals surface area contributed by atoms with E-state index in [1.807, 2.05) is 24.3 Å². The van der Waals surface area contributed by atoms with Crippen molar-refractivity contribution in [1.29, 1.82) is 0 Å². The first-order valence-corrected chi connectivity index (χ1v) is 10.8. The molecule has 0 saturated carbocycles. The molecular formula is C24H31Cl2NO.